The van der Waals surface area contributed by atoms with Crippen molar-refractivity contribution in [3.63, 3.8) is 0 Å². The second-order valence-corrected chi connectivity index (χ2v) is 4.42. The third-order valence-electron chi connectivity index (χ3n) is 2.68. The number of nitrogens with two attached hydrogens (primary N) is 1. The fraction of sp³-hybridized carbons (Fsp3) is 0.429. The first-order chi connectivity index (χ1) is 8.97. The molecule has 0 fully saturated rings. The van der Waals surface area contributed by atoms with Crippen LogP contribution in [0.25, 0.3) is 0 Å². The first-order valence-electron chi connectivity index (χ1n) is 6.28. The summed E-state index contributed by atoms with van der Waals surface area (Å²) in [6, 6.07) is 6.70. The minimum atomic E-state index is -0.418. The highest BCUT2D eigenvalue weighted by Gasteiger charge is 2.23. The standard InChI is InChI=1S/C14H20N2O3/c1-4-19-13(17)9-16(10(2)3)14(18)11-7-5-6-8-12(11)15/h5-8,10H,4,9,15H2,1-3H3. The van der Waals surface area contributed by atoms with Crippen LogP contribution in [0, 0.1) is 0 Å². The van der Waals surface area contributed by atoms with Gasteiger partial charge in [0, 0.05) is 11.7 Å². The molecule has 0 bridgehead atoms. The molecule has 2 N–H and O–H groups in total. The van der Waals surface area contributed by atoms with Crippen LogP contribution in [0.15, 0.2) is 24.3 Å². The fourth-order valence-electron chi connectivity index (χ4n) is 1.68. The van der Waals surface area contributed by atoms with Gasteiger partial charge >= 0.3 is 5.97 Å². The lowest BCUT2D eigenvalue weighted by Crippen LogP contribution is -2.41. The van der Waals surface area contributed by atoms with E-state index in [1.54, 1.807) is 31.2 Å². The maximum Gasteiger partial charge on any atom is 0.325 e. The van der Waals surface area contributed by atoms with Crippen molar-refractivity contribution in [3.8, 4) is 0 Å². The van der Waals surface area contributed by atoms with E-state index in [1.165, 1.54) is 4.90 Å². The van der Waals surface area contributed by atoms with Crippen LogP contribution in [-0.4, -0.2) is 36.0 Å². The Labute approximate surface area is 113 Å². The zero-order valence-corrected chi connectivity index (χ0v) is 11.6. The molecule has 0 atom stereocenters. The first kappa shape index (κ1) is 15.0. The number of esters is 1. The number of hydrogen-bond donors (Lipinski definition) is 1. The number of hydrogen-bond acceptors (Lipinski definition) is 4. The molecule has 0 aromatic heterocycles. The van der Waals surface area contributed by atoms with Gasteiger partial charge in [0.2, 0.25) is 0 Å². The zero-order chi connectivity index (χ0) is 14.4. The number of nitrogen functional groups attached to an aromatic ring is 1. The van der Waals surface area contributed by atoms with Gasteiger partial charge in [-0.3, -0.25) is 9.59 Å². The van der Waals surface area contributed by atoms with Crippen molar-refractivity contribution >= 4 is 17.6 Å². The van der Waals surface area contributed by atoms with Gasteiger partial charge in [0.25, 0.3) is 5.91 Å². The Hall–Kier alpha value is -2.04. The normalized spacial score (nSPS) is 10.3. The molecule has 0 saturated heterocycles. The molecule has 1 rings (SSSR count). The molecule has 19 heavy (non-hydrogen) atoms. The van der Waals surface area contributed by atoms with Gasteiger partial charge in [0.1, 0.15) is 6.54 Å². The summed E-state index contributed by atoms with van der Waals surface area (Å²) in [5.41, 5.74) is 6.59. The van der Waals surface area contributed by atoms with Crippen molar-refractivity contribution < 1.29 is 14.3 Å². The number of benzene rings is 1. The summed E-state index contributed by atoms with van der Waals surface area (Å²) >= 11 is 0. The van der Waals surface area contributed by atoms with E-state index in [9.17, 15) is 9.59 Å². The zero-order valence-electron chi connectivity index (χ0n) is 11.6. The summed E-state index contributed by atoms with van der Waals surface area (Å²) in [7, 11) is 0. The predicted octanol–water partition coefficient (Wildman–Crippen LogP) is 1.68. The topological polar surface area (TPSA) is 72.6 Å². The quantitative estimate of drug-likeness (QED) is 0.648. The van der Waals surface area contributed by atoms with Crippen molar-refractivity contribution in [2.45, 2.75) is 26.8 Å². The van der Waals surface area contributed by atoms with E-state index < -0.39 is 5.97 Å². The van der Waals surface area contributed by atoms with Gasteiger partial charge in [-0.2, -0.15) is 0 Å². The van der Waals surface area contributed by atoms with Gasteiger partial charge in [0.15, 0.2) is 0 Å². The molecule has 0 aliphatic heterocycles. The Bertz CT molecular complexity index is 458. The van der Waals surface area contributed by atoms with Crippen molar-refractivity contribution in [1.82, 2.24) is 4.90 Å². The average molecular weight is 264 g/mol. The monoisotopic (exact) mass is 264 g/mol. The number of para-hydroxylation sites is 1. The van der Waals surface area contributed by atoms with Gasteiger partial charge in [-0.25, -0.2) is 0 Å². The smallest absolute Gasteiger partial charge is 0.325 e. The van der Waals surface area contributed by atoms with Gasteiger partial charge in [-0.1, -0.05) is 12.1 Å². The average Bonchev–Trinajstić information content (AvgIpc) is 2.36. The SMILES string of the molecule is CCOC(=O)CN(C(=O)c1ccccc1N)C(C)C. The van der Waals surface area contributed by atoms with Crippen LogP contribution >= 0.6 is 0 Å². The lowest BCUT2D eigenvalue weighted by Gasteiger charge is -2.26. The Morgan fingerprint density at radius 1 is 1.32 bits per heavy atom. The van der Waals surface area contributed by atoms with Crippen LogP contribution < -0.4 is 5.73 Å². The maximum atomic E-state index is 12.4. The van der Waals surface area contributed by atoms with E-state index in [4.69, 9.17) is 10.5 Å². The molecule has 5 nitrogen and oxygen atoms in total. The molecule has 5 heteroatoms. The molecule has 0 heterocycles. The molecular formula is C14H20N2O3. The minimum absolute atomic E-state index is 0.0708. The number of rotatable bonds is 5. The molecule has 1 aromatic carbocycles. The molecule has 0 saturated carbocycles. The number of anilines is 1. The van der Waals surface area contributed by atoms with Crippen molar-refractivity contribution in [2.24, 2.45) is 0 Å². The van der Waals surface area contributed by atoms with E-state index in [0.29, 0.717) is 17.9 Å². The number of amides is 1. The van der Waals surface area contributed by atoms with Crippen molar-refractivity contribution in [2.75, 3.05) is 18.9 Å². The highest BCUT2D eigenvalue weighted by Crippen LogP contribution is 2.15. The summed E-state index contributed by atoms with van der Waals surface area (Å²) in [6.07, 6.45) is 0. The highest BCUT2D eigenvalue weighted by atomic mass is 16.5. The second kappa shape index (κ2) is 6.78. The number of carbonyl (C=O) groups excluding carboxylic acids is 2. The van der Waals surface area contributed by atoms with Crippen LogP contribution in [0.2, 0.25) is 0 Å². The highest BCUT2D eigenvalue weighted by molar-refractivity contribution is 6.00. The molecular weight excluding hydrogens is 244 g/mol. The molecule has 0 unspecified atom stereocenters. The van der Waals surface area contributed by atoms with E-state index >= 15 is 0 Å². The second-order valence-electron chi connectivity index (χ2n) is 4.42. The Morgan fingerprint density at radius 2 is 1.95 bits per heavy atom. The molecule has 1 aromatic rings. The minimum Gasteiger partial charge on any atom is -0.465 e. The predicted molar refractivity (Wildman–Crippen MR) is 73.7 cm³/mol. The lowest BCUT2D eigenvalue weighted by molar-refractivity contribution is -0.144. The molecule has 0 radical (unpaired) electrons. The van der Waals surface area contributed by atoms with E-state index in [1.807, 2.05) is 13.8 Å². The molecule has 0 spiro atoms. The van der Waals surface area contributed by atoms with Crippen LogP contribution in [0.1, 0.15) is 31.1 Å². The number of nitrogens with zero attached hydrogens (tertiary/aromatic N) is 1. The number of ether oxygens (including phenoxy) is 1. The Balaban J connectivity index is 2.91. The number of carbonyl (C=O) groups is 2. The van der Waals surface area contributed by atoms with Crippen LogP contribution in [0.5, 0.6) is 0 Å². The van der Waals surface area contributed by atoms with Gasteiger partial charge in [0.05, 0.1) is 12.2 Å². The van der Waals surface area contributed by atoms with E-state index in [2.05, 4.69) is 0 Å². The molecule has 0 aliphatic rings. The largest absolute Gasteiger partial charge is 0.465 e. The van der Waals surface area contributed by atoms with Crippen LogP contribution in [0.4, 0.5) is 5.69 Å². The summed E-state index contributed by atoms with van der Waals surface area (Å²) in [5, 5.41) is 0. The van der Waals surface area contributed by atoms with Crippen molar-refractivity contribution in [1.29, 1.82) is 0 Å². The van der Waals surface area contributed by atoms with Crippen LogP contribution in [-0.2, 0) is 9.53 Å². The van der Waals surface area contributed by atoms with Crippen LogP contribution in [0.3, 0.4) is 0 Å². The van der Waals surface area contributed by atoms with Gasteiger partial charge < -0.3 is 15.4 Å². The van der Waals surface area contributed by atoms with Gasteiger partial charge in [-0.05, 0) is 32.9 Å². The summed E-state index contributed by atoms with van der Waals surface area (Å²) in [5.74, 6) is -0.680. The van der Waals surface area contributed by atoms with E-state index in [0.717, 1.165) is 0 Å². The Morgan fingerprint density at radius 3 is 2.47 bits per heavy atom. The first-order valence-corrected chi connectivity index (χ1v) is 6.28. The third kappa shape index (κ3) is 3.98. The molecule has 1 amide bonds. The maximum absolute atomic E-state index is 12.4. The van der Waals surface area contributed by atoms with E-state index in [-0.39, 0.29) is 18.5 Å². The van der Waals surface area contributed by atoms with Crippen molar-refractivity contribution in [3.05, 3.63) is 29.8 Å². The summed E-state index contributed by atoms with van der Waals surface area (Å²) in [4.78, 5) is 25.4. The lowest BCUT2D eigenvalue weighted by atomic mass is 10.1. The molecule has 0 aliphatic carbocycles. The summed E-state index contributed by atoms with van der Waals surface area (Å²) in [6.45, 7) is 5.65. The Kier molecular flexibility index (Phi) is 5.36. The summed E-state index contributed by atoms with van der Waals surface area (Å²) < 4.78 is 4.87. The molecule has 104 valence electrons. The van der Waals surface area contributed by atoms with Gasteiger partial charge in [-0.15, -0.1) is 0 Å². The fourth-order valence-corrected chi connectivity index (χ4v) is 1.68. The third-order valence-corrected chi connectivity index (χ3v) is 2.68.